The molecule has 75 heavy (non-hydrogen) atoms. The Balaban J connectivity index is -0.000000250. The maximum Gasteiger partial charge on any atom is 0.0602 e. The van der Waals surface area contributed by atoms with E-state index < -0.39 is 0 Å². The van der Waals surface area contributed by atoms with Crippen LogP contribution in [0.3, 0.4) is 0 Å². The van der Waals surface area contributed by atoms with Crippen LogP contribution in [0.5, 0.6) is 0 Å². The zero-order valence-electron chi connectivity index (χ0n) is 56.7. The molecule has 8 heteroatoms. The molecule has 5 atom stereocenters. The standard InChI is InChI=1S/C11H22O.C10H20O.C9H20O.C8H16O.2C8H18O.C7H16O.C6H14O/c1-10(12-2)11-8-6-4-3-5-7-9-11;1-9(11-2)10-7-5-3-4-6-8-10;1-7(2)8(3)10-9(4,5)6;1-7(9-2)8-5-3-4-6-8;1-6(2)8(5)9-7(3)4;1-5-8(3,4)7-9-6-2;1-5-8-6-7(2,3)4;1-4-7-5-6(2)3/h10-11H,3-9H2,1-2H3;9-10H,3-8H2,1-2H3;7-8H,1-6H3;7-8H,3-6H2,1-2H3;6-8H,1-5H3;5-7H2,1-4H3;5-6H2,1-4H3;6H,4-5H2,1-3H3. The van der Waals surface area contributed by atoms with Crippen molar-refractivity contribution in [1.82, 2.24) is 0 Å². The molecule has 0 N–H and O–H groups in total. The predicted octanol–water partition coefficient (Wildman–Crippen LogP) is 20.1. The molecule has 0 spiro atoms. The summed E-state index contributed by atoms with van der Waals surface area (Å²) in [5, 5.41) is 0. The van der Waals surface area contributed by atoms with Gasteiger partial charge in [-0.1, -0.05) is 154 Å². The van der Waals surface area contributed by atoms with Crippen molar-refractivity contribution in [3.05, 3.63) is 0 Å². The van der Waals surface area contributed by atoms with E-state index in [0.717, 1.165) is 57.4 Å². The van der Waals surface area contributed by atoms with Gasteiger partial charge in [-0.15, -0.1) is 0 Å². The van der Waals surface area contributed by atoms with Crippen molar-refractivity contribution in [1.29, 1.82) is 0 Å². The molecule has 0 heterocycles. The molecule has 3 saturated carbocycles. The molecular formula is C67H144O8. The molecule has 3 aliphatic carbocycles. The zero-order valence-corrected chi connectivity index (χ0v) is 56.7. The lowest BCUT2D eigenvalue weighted by Crippen LogP contribution is -2.28. The molecule has 0 aromatic heterocycles. The van der Waals surface area contributed by atoms with Crippen LogP contribution in [0.1, 0.15) is 289 Å². The minimum absolute atomic E-state index is 0.00366. The van der Waals surface area contributed by atoms with Crippen LogP contribution in [-0.4, -0.2) is 103 Å². The molecule has 460 valence electrons. The van der Waals surface area contributed by atoms with E-state index in [4.69, 9.17) is 37.9 Å². The van der Waals surface area contributed by atoms with Crippen molar-refractivity contribution < 1.29 is 37.9 Å². The zero-order chi connectivity index (χ0) is 59.1. The highest BCUT2D eigenvalue weighted by molar-refractivity contribution is 4.73. The Bertz CT molecular complexity index is 1090. The van der Waals surface area contributed by atoms with Crippen LogP contribution < -0.4 is 0 Å². The molecule has 0 saturated heterocycles. The van der Waals surface area contributed by atoms with Crippen LogP contribution in [0, 0.1) is 46.3 Å². The van der Waals surface area contributed by atoms with Gasteiger partial charge < -0.3 is 37.9 Å². The largest absolute Gasteiger partial charge is 0.381 e. The average molecular weight is 1080 g/mol. The Hall–Kier alpha value is -0.320. The first kappa shape index (κ1) is 83.5. The third kappa shape index (κ3) is 62.7. The SMILES string of the molecule is CC(C)C(C)OC(C)(C)C.CC(C)OC(C)C(C)C.CCOCC(C)(C)C.CCOCC(C)(C)CC.CCOCC(C)C.COC(C)C1CCCC1.COC(C)C1CCCCCC1.COC(C)C1CCCCCCC1. The van der Waals surface area contributed by atoms with Gasteiger partial charge in [0, 0.05) is 47.8 Å². The van der Waals surface area contributed by atoms with Crippen molar-refractivity contribution >= 4 is 0 Å². The first-order valence-corrected chi connectivity index (χ1v) is 31.5. The molecule has 5 unspecified atom stereocenters. The maximum absolute atomic E-state index is 5.70. The van der Waals surface area contributed by atoms with Gasteiger partial charge in [0.2, 0.25) is 0 Å². The quantitative estimate of drug-likeness (QED) is 0.112. The number of ether oxygens (including phenoxy) is 8. The molecule has 0 radical (unpaired) electrons. The number of rotatable bonds is 20. The molecule has 0 amide bonds. The van der Waals surface area contributed by atoms with Gasteiger partial charge >= 0.3 is 0 Å². The summed E-state index contributed by atoms with van der Waals surface area (Å²) in [5.74, 6) is 4.44. The van der Waals surface area contributed by atoms with Gasteiger partial charge in [0.1, 0.15) is 0 Å². The lowest BCUT2D eigenvalue weighted by Gasteiger charge is -2.27. The molecule has 8 nitrogen and oxygen atoms in total. The topological polar surface area (TPSA) is 73.8 Å². The first-order chi connectivity index (χ1) is 34.8. The molecule has 3 aliphatic rings. The van der Waals surface area contributed by atoms with Crippen molar-refractivity contribution in [2.45, 2.75) is 331 Å². The van der Waals surface area contributed by atoms with Crippen molar-refractivity contribution in [2.24, 2.45) is 46.3 Å². The Morgan fingerprint density at radius 2 is 0.707 bits per heavy atom. The van der Waals surface area contributed by atoms with Crippen LogP contribution in [0.15, 0.2) is 0 Å². The minimum atomic E-state index is 0.00366. The van der Waals surface area contributed by atoms with Gasteiger partial charge in [-0.25, -0.2) is 0 Å². The Labute approximate surface area is 474 Å². The Kier molecular flexibility index (Phi) is 59.0. The van der Waals surface area contributed by atoms with Crippen molar-refractivity contribution in [3.63, 3.8) is 0 Å². The molecule has 0 bridgehead atoms. The average Bonchev–Trinajstić information content (AvgIpc) is 3.74. The van der Waals surface area contributed by atoms with E-state index in [0.29, 0.717) is 65.2 Å². The summed E-state index contributed by atoms with van der Waals surface area (Å²) < 4.78 is 42.8. The highest BCUT2D eigenvalue weighted by atomic mass is 16.5. The van der Waals surface area contributed by atoms with Gasteiger partial charge in [-0.05, 0) is 181 Å². The number of hydrogen-bond donors (Lipinski definition) is 0. The smallest absolute Gasteiger partial charge is 0.0602 e. The van der Waals surface area contributed by atoms with E-state index in [-0.39, 0.29) is 5.60 Å². The van der Waals surface area contributed by atoms with Gasteiger partial charge in [-0.3, -0.25) is 0 Å². The first-order valence-electron chi connectivity index (χ1n) is 31.5. The fraction of sp³-hybridized carbons (Fsp3) is 1.00. The summed E-state index contributed by atoms with van der Waals surface area (Å²) in [6.07, 6.45) is 27.7. The molecule has 0 aromatic rings. The highest BCUT2D eigenvalue weighted by Gasteiger charge is 2.22. The normalized spacial score (nSPS) is 18.1. The summed E-state index contributed by atoms with van der Waals surface area (Å²) in [6.45, 7) is 58.6. The number of methoxy groups -OCH3 is 3. The van der Waals surface area contributed by atoms with Crippen molar-refractivity contribution in [3.8, 4) is 0 Å². The van der Waals surface area contributed by atoms with Gasteiger partial charge in [0.15, 0.2) is 0 Å². The summed E-state index contributed by atoms with van der Waals surface area (Å²) >= 11 is 0. The lowest BCUT2D eigenvalue weighted by atomic mass is 9.88. The van der Waals surface area contributed by atoms with Crippen LogP contribution in [0.4, 0.5) is 0 Å². The van der Waals surface area contributed by atoms with Gasteiger partial charge in [-0.2, -0.15) is 0 Å². The van der Waals surface area contributed by atoms with E-state index in [2.05, 4.69) is 152 Å². The van der Waals surface area contributed by atoms with Gasteiger partial charge in [0.25, 0.3) is 0 Å². The van der Waals surface area contributed by atoms with Crippen LogP contribution in [-0.2, 0) is 37.9 Å². The highest BCUT2D eigenvalue weighted by Crippen LogP contribution is 2.29. The second-order valence-corrected chi connectivity index (χ2v) is 26.4. The van der Waals surface area contributed by atoms with Crippen LogP contribution in [0.25, 0.3) is 0 Å². The Morgan fingerprint density at radius 3 is 0.893 bits per heavy atom. The summed E-state index contributed by atoms with van der Waals surface area (Å²) in [6, 6.07) is 0. The van der Waals surface area contributed by atoms with E-state index >= 15 is 0 Å². The summed E-state index contributed by atoms with van der Waals surface area (Å²) in [5.41, 5.74) is 0.704. The van der Waals surface area contributed by atoms with Crippen LogP contribution in [0.2, 0.25) is 0 Å². The summed E-state index contributed by atoms with van der Waals surface area (Å²) in [7, 11) is 5.47. The third-order valence-electron chi connectivity index (χ3n) is 14.5. The van der Waals surface area contributed by atoms with E-state index in [1.54, 1.807) is 0 Å². The molecular weight excluding hydrogens is 933 g/mol. The predicted molar refractivity (Wildman–Crippen MR) is 332 cm³/mol. The van der Waals surface area contributed by atoms with E-state index in [1.807, 2.05) is 42.1 Å². The van der Waals surface area contributed by atoms with Crippen LogP contribution >= 0.6 is 0 Å². The van der Waals surface area contributed by atoms with E-state index in [9.17, 15) is 0 Å². The second kappa shape index (κ2) is 53.0. The second-order valence-electron chi connectivity index (χ2n) is 26.4. The Morgan fingerprint density at radius 1 is 0.400 bits per heavy atom. The lowest BCUT2D eigenvalue weighted by molar-refractivity contribution is -0.0698. The molecule has 0 aliphatic heterocycles. The van der Waals surface area contributed by atoms with Crippen molar-refractivity contribution in [2.75, 3.05) is 61.0 Å². The fourth-order valence-corrected chi connectivity index (χ4v) is 8.26. The number of hydrogen-bond acceptors (Lipinski definition) is 8. The third-order valence-corrected chi connectivity index (χ3v) is 14.5. The molecule has 3 rings (SSSR count). The minimum Gasteiger partial charge on any atom is -0.381 e. The molecule has 3 fully saturated rings. The monoisotopic (exact) mass is 1080 g/mol. The van der Waals surface area contributed by atoms with E-state index in [1.165, 1.54) is 116 Å². The van der Waals surface area contributed by atoms with Gasteiger partial charge in [0.05, 0.1) is 55.4 Å². The molecule has 0 aromatic carbocycles. The maximum atomic E-state index is 5.70. The summed E-state index contributed by atoms with van der Waals surface area (Å²) in [4.78, 5) is 0. The fourth-order valence-electron chi connectivity index (χ4n) is 8.26.